The predicted octanol–water partition coefficient (Wildman–Crippen LogP) is 2.51. The molecule has 0 radical (unpaired) electrons. The van der Waals surface area contributed by atoms with E-state index in [9.17, 15) is 0 Å². The fourth-order valence-electron chi connectivity index (χ4n) is 0.693. The number of hydrogen-bond donors (Lipinski definition) is 0. The van der Waals surface area contributed by atoms with Crippen molar-refractivity contribution in [1.29, 1.82) is 0 Å². The van der Waals surface area contributed by atoms with Gasteiger partial charge in [0.05, 0.1) is 0 Å². The van der Waals surface area contributed by atoms with Crippen molar-refractivity contribution in [3.05, 3.63) is 23.8 Å². The Hall–Kier alpha value is 0.653. The second kappa shape index (κ2) is 6.77. The van der Waals surface area contributed by atoms with Crippen molar-refractivity contribution in [3.8, 4) is 0 Å². The van der Waals surface area contributed by atoms with Gasteiger partial charge >= 0.3 is 0 Å². The van der Waals surface area contributed by atoms with Crippen molar-refractivity contribution in [3.63, 3.8) is 0 Å². The van der Waals surface area contributed by atoms with Crippen molar-refractivity contribution in [2.45, 2.75) is 19.8 Å². The SMILES string of the molecule is CCC1=[C-]CC=C1.Cl.[Zr]. The first-order valence-electron chi connectivity index (χ1n) is 2.69. The molecule has 0 amide bonds. The Balaban J connectivity index is 0. The molecule has 0 unspecified atom stereocenters. The van der Waals surface area contributed by atoms with Crippen LogP contribution < -0.4 is 0 Å². The van der Waals surface area contributed by atoms with E-state index in [-0.39, 0.29) is 38.6 Å². The van der Waals surface area contributed by atoms with E-state index in [2.05, 4.69) is 25.2 Å². The molecule has 0 N–H and O–H groups in total. The van der Waals surface area contributed by atoms with Crippen LogP contribution in [0.2, 0.25) is 0 Å². The molecule has 0 aliphatic heterocycles. The van der Waals surface area contributed by atoms with Gasteiger partial charge < -0.3 is 0 Å². The molecule has 9 heavy (non-hydrogen) atoms. The third-order valence-electron chi connectivity index (χ3n) is 1.15. The molecule has 0 nitrogen and oxygen atoms in total. The molecule has 1 aliphatic rings. The van der Waals surface area contributed by atoms with E-state index < -0.39 is 0 Å². The Kier molecular flexibility index (Phi) is 9.28. The number of hydrogen-bond acceptors (Lipinski definition) is 0. The second-order valence-corrected chi connectivity index (χ2v) is 1.66. The molecule has 2 heteroatoms. The first kappa shape index (κ1) is 12.3. The normalized spacial score (nSPS) is 13.7. The van der Waals surface area contributed by atoms with Crippen LogP contribution >= 0.6 is 12.4 Å². The zero-order chi connectivity index (χ0) is 5.11. The maximum absolute atomic E-state index is 3.21. The summed E-state index contributed by atoms with van der Waals surface area (Å²) in [7, 11) is 0. The quantitative estimate of drug-likeness (QED) is 0.596. The van der Waals surface area contributed by atoms with Gasteiger partial charge in [-0.2, -0.15) is 6.08 Å². The second-order valence-electron chi connectivity index (χ2n) is 1.66. The molecule has 0 heterocycles. The van der Waals surface area contributed by atoms with Crippen molar-refractivity contribution in [2.24, 2.45) is 0 Å². The first-order valence-corrected chi connectivity index (χ1v) is 2.69. The van der Waals surface area contributed by atoms with Crippen LogP contribution in [-0.2, 0) is 26.2 Å². The summed E-state index contributed by atoms with van der Waals surface area (Å²) in [6.07, 6.45) is 9.65. The summed E-state index contributed by atoms with van der Waals surface area (Å²) in [4.78, 5) is 0. The van der Waals surface area contributed by atoms with Crippen LogP contribution in [-0.4, -0.2) is 0 Å². The summed E-state index contributed by atoms with van der Waals surface area (Å²) >= 11 is 0. The zero-order valence-electron chi connectivity index (χ0n) is 5.48. The average molecular weight is 221 g/mol. The summed E-state index contributed by atoms with van der Waals surface area (Å²) < 4.78 is 0. The van der Waals surface area contributed by atoms with E-state index in [1.54, 1.807) is 0 Å². The molecule has 0 fully saturated rings. The minimum Gasteiger partial charge on any atom is -0.270 e. The van der Waals surface area contributed by atoms with Gasteiger partial charge in [-0.3, -0.25) is 6.08 Å². The topological polar surface area (TPSA) is 0 Å². The molecule has 0 spiro atoms. The van der Waals surface area contributed by atoms with Gasteiger partial charge in [0.15, 0.2) is 0 Å². The molecule has 1 aliphatic carbocycles. The van der Waals surface area contributed by atoms with E-state index in [1.807, 2.05) is 0 Å². The van der Waals surface area contributed by atoms with E-state index in [4.69, 9.17) is 0 Å². The van der Waals surface area contributed by atoms with Crippen LogP contribution in [0.4, 0.5) is 0 Å². The Bertz CT molecular complexity index is 116. The maximum Gasteiger partial charge on any atom is 0 e. The fraction of sp³-hybridized carbons (Fsp3) is 0.429. The molecule has 50 valence electrons. The third kappa shape index (κ3) is 4.11. The standard InChI is InChI=1S/C7H9.ClH.Zr/c1-2-7-5-3-4-6-7;;/h3,5H,2,4H2,1H3;1H;/q-1;;. The minimum atomic E-state index is 0. The Morgan fingerprint density at radius 3 is 2.56 bits per heavy atom. The van der Waals surface area contributed by atoms with Gasteiger partial charge in [0, 0.05) is 26.2 Å². The van der Waals surface area contributed by atoms with Crippen LogP contribution in [0.25, 0.3) is 0 Å². The van der Waals surface area contributed by atoms with Gasteiger partial charge in [-0.1, -0.05) is 13.3 Å². The van der Waals surface area contributed by atoms with E-state index in [1.165, 1.54) is 5.57 Å². The van der Waals surface area contributed by atoms with Crippen LogP contribution in [0.1, 0.15) is 19.8 Å². The Morgan fingerprint density at radius 2 is 2.33 bits per heavy atom. The number of rotatable bonds is 1. The maximum atomic E-state index is 3.21. The van der Waals surface area contributed by atoms with E-state index >= 15 is 0 Å². The molecule has 0 saturated heterocycles. The largest absolute Gasteiger partial charge is 0.270 e. The van der Waals surface area contributed by atoms with Crippen molar-refractivity contribution < 1.29 is 26.2 Å². The summed E-state index contributed by atoms with van der Waals surface area (Å²) in [6.45, 7) is 2.15. The zero-order valence-corrected chi connectivity index (χ0v) is 8.75. The third-order valence-corrected chi connectivity index (χ3v) is 1.15. The van der Waals surface area contributed by atoms with Gasteiger partial charge in [0.1, 0.15) is 0 Å². The van der Waals surface area contributed by atoms with Gasteiger partial charge in [-0.15, -0.1) is 18.8 Å². The molecular formula is C7H10ClZr-. The summed E-state index contributed by atoms with van der Waals surface area (Å²) in [5.41, 5.74) is 1.36. The van der Waals surface area contributed by atoms with Crippen molar-refractivity contribution in [1.82, 2.24) is 0 Å². The number of halogens is 1. The van der Waals surface area contributed by atoms with Gasteiger partial charge in [-0.05, 0) is 0 Å². The van der Waals surface area contributed by atoms with Gasteiger partial charge in [0.2, 0.25) is 0 Å². The monoisotopic (exact) mass is 219 g/mol. The van der Waals surface area contributed by atoms with E-state index in [0.29, 0.717) is 0 Å². The molecule has 0 atom stereocenters. The summed E-state index contributed by atoms with van der Waals surface area (Å²) in [5, 5.41) is 0. The van der Waals surface area contributed by atoms with Crippen LogP contribution in [0.15, 0.2) is 17.7 Å². The first-order chi connectivity index (χ1) is 3.43. The summed E-state index contributed by atoms with van der Waals surface area (Å²) in [6, 6.07) is 0. The molecular weight excluding hydrogens is 211 g/mol. The Labute approximate surface area is 81.9 Å². The van der Waals surface area contributed by atoms with Gasteiger partial charge in [0.25, 0.3) is 0 Å². The van der Waals surface area contributed by atoms with Crippen molar-refractivity contribution in [2.75, 3.05) is 0 Å². The summed E-state index contributed by atoms with van der Waals surface area (Å²) in [5.74, 6) is 0. The predicted molar refractivity (Wildman–Crippen MR) is 38.1 cm³/mol. The molecule has 0 aromatic rings. The average Bonchev–Trinajstić information content (AvgIpc) is 2.14. The van der Waals surface area contributed by atoms with Crippen LogP contribution in [0.3, 0.4) is 0 Å². The molecule has 0 saturated carbocycles. The minimum absolute atomic E-state index is 0. The van der Waals surface area contributed by atoms with Crippen LogP contribution in [0, 0.1) is 6.08 Å². The smallest absolute Gasteiger partial charge is 0 e. The molecule has 1 rings (SSSR count). The van der Waals surface area contributed by atoms with Gasteiger partial charge in [-0.25, -0.2) is 11.6 Å². The number of allylic oxidation sites excluding steroid dienone is 4. The molecule has 0 bridgehead atoms. The Morgan fingerprint density at radius 1 is 1.67 bits per heavy atom. The van der Waals surface area contributed by atoms with Crippen LogP contribution in [0.5, 0.6) is 0 Å². The fourth-order valence-corrected chi connectivity index (χ4v) is 0.693. The van der Waals surface area contributed by atoms with E-state index in [0.717, 1.165) is 12.8 Å². The van der Waals surface area contributed by atoms with Crippen molar-refractivity contribution >= 4 is 12.4 Å². The molecule has 0 aromatic heterocycles. The molecule has 0 aromatic carbocycles.